The molecular formula is C22H39N5O6Si2. The molecule has 0 bridgehead atoms. The molecule has 0 saturated carbocycles. The zero-order chi connectivity index (χ0) is 25.9. The minimum Gasteiger partial charge on any atom is -0.414 e. The van der Waals surface area contributed by atoms with E-state index < -0.39 is 47.2 Å². The maximum atomic E-state index is 12.3. The molecule has 4 N–H and O–H groups in total. The largest absolute Gasteiger partial charge is 0.414 e. The Morgan fingerprint density at radius 2 is 1.69 bits per heavy atom. The van der Waals surface area contributed by atoms with Gasteiger partial charge in [-0.2, -0.15) is 4.98 Å². The van der Waals surface area contributed by atoms with Crippen LogP contribution in [-0.2, 0) is 17.7 Å². The van der Waals surface area contributed by atoms with Crippen molar-refractivity contribution >= 4 is 34.2 Å². The second-order valence-electron chi connectivity index (χ2n) is 10.9. The van der Waals surface area contributed by atoms with Gasteiger partial charge in [-0.25, -0.2) is 4.98 Å². The van der Waals surface area contributed by atoms with E-state index in [-0.39, 0.29) is 45.9 Å². The van der Waals surface area contributed by atoms with Crippen molar-refractivity contribution in [2.45, 2.75) is 102 Å². The molecule has 11 nitrogen and oxygen atoms in total. The van der Waals surface area contributed by atoms with Gasteiger partial charge in [0.15, 0.2) is 17.4 Å². The molecule has 0 amide bonds. The molecule has 35 heavy (non-hydrogen) atoms. The first kappa shape index (κ1) is 26.4. The Balaban J connectivity index is 1.79. The molecule has 2 aliphatic heterocycles. The average Bonchev–Trinajstić information content (AvgIpc) is 3.28. The van der Waals surface area contributed by atoms with Crippen LogP contribution in [-0.4, -0.2) is 66.7 Å². The van der Waals surface area contributed by atoms with Crippen molar-refractivity contribution in [1.82, 2.24) is 19.5 Å². The summed E-state index contributed by atoms with van der Waals surface area (Å²) in [6.45, 7) is 17.4. The second-order valence-corrected chi connectivity index (χ2v) is 19.7. The van der Waals surface area contributed by atoms with Gasteiger partial charge < -0.3 is 28.5 Å². The van der Waals surface area contributed by atoms with E-state index in [1.54, 1.807) is 4.57 Å². The Labute approximate surface area is 207 Å². The molecule has 0 aliphatic carbocycles. The number of ether oxygens (including phenoxy) is 1. The lowest BCUT2D eigenvalue weighted by molar-refractivity contribution is -0.0570. The van der Waals surface area contributed by atoms with E-state index in [1.165, 1.54) is 6.33 Å². The number of H-pyrrole nitrogens is 1. The van der Waals surface area contributed by atoms with Crippen molar-refractivity contribution in [2.24, 2.45) is 0 Å². The molecule has 4 rings (SSSR count). The third-order valence-electron chi connectivity index (χ3n) is 7.37. The topological polar surface area (TPSA) is 147 Å². The number of rotatable bonds is 5. The fraction of sp³-hybridized carbons (Fsp3) is 0.773. The van der Waals surface area contributed by atoms with Crippen molar-refractivity contribution in [1.29, 1.82) is 0 Å². The minimum atomic E-state index is -2.91. The number of nitrogens with zero attached hydrogens (tertiary/aromatic N) is 3. The Kier molecular flexibility index (Phi) is 7.07. The van der Waals surface area contributed by atoms with Crippen LogP contribution >= 0.6 is 0 Å². The zero-order valence-corrected chi connectivity index (χ0v) is 23.8. The van der Waals surface area contributed by atoms with Crippen LogP contribution in [0.4, 0.5) is 5.95 Å². The lowest BCUT2D eigenvalue weighted by Crippen LogP contribution is -2.65. The molecule has 13 heteroatoms. The number of fused-ring (bicyclic) bond motifs is 2. The fourth-order valence-electron chi connectivity index (χ4n) is 5.50. The molecule has 0 spiro atoms. The first-order chi connectivity index (χ1) is 16.3. The molecule has 0 aromatic carbocycles. The van der Waals surface area contributed by atoms with Crippen molar-refractivity contribution in [3.63, 3.8) is 0 Å². The van der Waals surface area contributed by atoms with E-state index in [4.69, 9.17) is 23.4 Å². The minimum absolute atomic E-state index is 0.0357. The quantitative estimate of drug-likeness (QED) is 0.501. The molecule has 4 atom stereocenters. The number of anilines is 1. The van der Waals surface area contributed by atoms with Crippen LogP contribution in [0.5, 0.6) is 0 Å². The lowest BCUT2D eigenvalue weighted by atomic mass is 10.1. The summed E-state index contributed by atoms with van der Waals surface area (Å²) in [5.41, 5.74) is 6.33. The Morgan fingerprint density at radius 3 is 2.26 bits per heavy atom. The molecular weight excluding hydrogens is 486 g/mol. The van der Waals surface area contributed by atoms with Crippen LogP contribution in [0, 0.1) is 0 Å². The summed E-state index contributed by atoms with van der Waals surface area (Å²) < 4.78 is 28.7. The van der Waals surface area contributed by atoms with Gasteiger partial charge in [-0.3, -0.25) is 14.3 Å². The number of aromatic amines is 1. The van der Waals surface area contributed by atoms with Gasteiger partial charge in [0.05, 0.1) is 12.9 Å². The van der Waals surface area contributed by atoms with E-state index in [0.717, 1.165) is 0 Å². The number of nitrogens with two attached hydrogens (primary N) is 1. The van der Waals surface area contributed by atoms with Gasteiger partial charge in [0, 0.05) is 0 Å². The summed E-state index contributed by atoms with van der Waals surface area (Å²) in [6, 6.07) is 0. The molecule has 2 fully saturated rings. The third-order valence-corrected chi connectivity index (χ3v) is 17.6. The zero-order valence-electron chi connectivity index (χ0n) is 21.8. The number of imidazole rings is 1. The van der Waals surface area contributed by atoms with E-state index >= 15 is 0 Å². The molecule has 2 saturated heterocycles. The van der Waals surface area contributed by atoms with Crippen molar-refractivity contribution in [3.8, 4) is 0 Å². The Bertz CT molecular complexity index is 1100. The van der Waals surface area contributed by atoms with Crippen LogP contribution in [0.2, 0.25) is 22.2 Å². The standard InChI is InChI=1S/C22H39N5O6Si2/c1-11(2)34(12(3)4)30-9-15-18(32-35(33-34,13(5)6)14(7)8)17(28)21(31-15)27-10-24-16-19(27)25-22(23)26-20(16)29/h10-15,17-18,21,28H,9H2,1-8H3,(H3,23,25,26,29)/t15-,17+,18-,21+/m0/s1. The molecule has 0 radical (unpaired) electrons. The SMILES string of the molecule is CC(C)[Si]1(C(C)C)OC[C@@H]2O[C@@H](n3cnc4c(=O)[nH]c(N)nc43)[C@H](O)[C@H]2O[Si](C(C)C)(C(C)C)O1. The van der Waals surface area contributed by atoms with Gasteiger partial charge in [-0.15, -0.1) is 0 Å². The van der Waals surface area contributed by atoms with E-state index in [2.05, 4.69) is 70.3 Å². The summed E-state index contributed by atoms with van der Waals surface area (Å²) in [4.78, 5) is 23.1. The third kappa shape index (κ3) is 4.20. The number of aliphatic hydroxyl groups excluding tert-OH is 1. The summed E-state index contributed by atoms with van der Waals surface area (Å²) >= 11 is 0. The smallest absolute Gasteiger partial charge is 0.335 e. The van der Waals surface area contributed by atoms with Crippen LogP contribution < -0.4 is 11.3 Å². The maximum Gasteiger partial charge on any atom is 0.335 e. The molecule has 196 valence electrons. The van der Waals surface area contributed by atoms with E-state index in [1.807, 2.05) is 0 Å². The highest BCUT2D eigenvalue weighted by molar-refractivity contribution is 6.83. The molecule has 4 heterocycles. The molecule has 2 aromatic rings. The molecule has 2 aliphatic rings. The average molecular weight is 526 g/mol. The highest BCUT2D eigenvalue weighted by atomic mass is 28.5. The van der Waals surface area contributed by atoms with Gasteiger partial charge in [-0.05, 0) is 22.2 Å². The Morgan fingerprint density at radius 1 is 1.09 bits per heavy atom. The predicted octanol–water partition coefficient (Wildman–Crippen LogP) is 2.92. The molecule has 0 unspecified atom stereocenters. The Hall–Kier alpha value is -1.62. The maximum absolute atomic E-state index is 12.3. The summed E-state index contributed by atoms with van der Waals surface area (Å²) in [6.07, 6.45) is -1.67. The first-order valence-electron chi connectivity index (χ1n) is 12.4. The van der Waals surface area contributed by atoms with Gasteiger partial charge in [-0.1, -0.05) is 55.4 Å². The monoisotopic (exact) mass is 525 g/mol. The summed E-state index contributed by atoms with van der Waals surface area (Å²) in [5, 5.41) is 11.5. The fourth-order valence-corrected chi connectivity index (χ4v) is 16.7. The summed E-state index contributed by atoms with van der Waals surface area (Å²) in [5.74, 6) is -0.0357. The number of nitrogen functional groups attached to an aromatic ring is 1. The number of nitrogens with one attached hydrogen (secondary N) is 1. The first-order valence-corrected chi connectivity index (χ1v) is 16.4. The number of aromatic nitrogens is 4. The van der Waals surface area contributed by atoms with Gasteiger partial charge >= 0.3 is 17.1 Å². The van der Waals surface area contributed by atoms with Crippen molar-refractivity contribution < 1.29 is 22.8 Å². The lowest BCUT2D eigenvalue weighted by Gasteiger charge is -2.51. The normalized spacial score (nSPS) is 28.7. The highest BCUT2D eigenvalue weighted by Crippen LogP contribution is 2.48. The van der Waals surface area contributed by atoms with E-state index in [0.29, 0.717) is 0 Å². The van der Waals surface area contributed by atoms with Crippen LogP contribution in [0.3, 0.4) is 0 Å². The van der Waals surface area contributed by atoms with Gasteiger partial charge in [0.2, 0.25) is 5.95 Å². The number of aliphatic hydroxyl groups is 1. The van der Waals surface area contributed by atoms with Gasteiger partial charge in [0.1, 0.15) is 18.3 Å². The summed E-state index contributed by atoms with van der Waals surface area (Å²) in [7, 11) is -5.64. The number of hydrogen-bond acceptors (Lipinski definition) is 9. The van der Waals surface area contributed by atoms with Crippen LogP contribution in [0.1, 0.15) is 61.6 Å². The van der Waals surface area contributed by atoms with Crippen molar-refractivity contribution in [3.05, 3.63) is 16.7 Å². The van der Waals surface area contributed by atoms with Crippen LogP contribution in [0.15, 0.2) is 11.1 Å². The van der Waals surface area contributed by atoms with E-state index in [9.17, 15) is 9.90 Å². The van der Waals surface area contributed by atoms with Crippen molar-refractivity contribution in [2.75, 3.05) is 12.3 Å². The highest BCUT2D eigenvalue weighted by Gasteiger charge is 2.61. The van der Waals surface area contributed by atoms with Gasteiger partial charge in [0.25, 0.3) is 5.56 Å². The number of hydrogen-bond donors (Lipinski definition) is 3. The molecule has 2 aromatic heterocycles. The second kappa shape index (κ2) is 9.36. The van der Waals surface area contributed by atoms with Crippen LogP contribution in [0.25, 0.3) is 11.2 Å². The predicted molar refractivity (Wildman–Crippen MR) is 136 cm³/mol.